The number of likely N-dealkylation sites (tertiary alicyclic amines) is 1. The minimum absolute atomic E-state index is 0.106. The lowest BCUT2D eigenvalue weighted by atomic mass is 9.42. The summed E-state index contributed by atoms with van der Waals surface area (Å²) in [5.41, 5.74) is -4.81. The lowest BCUT2D eigenvalue weighted by Crippen LogP contribution is -2.81. The molecule has 11 nitrogen and oxygen atoms in total. The Kier molecular flexibility index (Phi) is 6.92. The molecule has 6 aliphatic rings. The summed E-state index contributed by atoms with van der Waals surface area (Å²) in [4.78, 5) is 15.8. The first-order valence-corrected chi connectivity index (χ1v) is 15.5. The molecule has 0 radical (unpaired) electrons. The third kappa shape index (κ3) is 3.28. The van der Waals surface area contributed by atoms with Crippen molar-refractivity contribution in [2.24, 2.45) is 34.5 Å². The fraction of sp³-hybridized carbons (Fsp3) is 0.781. The van der Waals surface area contributed by atoms with Gasteiger partial charge in [-0.1, -0.05) is 25.1 Å². The number of hydrogen-bond acceptors (Lipinski definition) is 11. The molecule has 11 heteroatoms. The quantitative estimate of drug-likeness (QED) is 0.300. The number of carbonyl (C=O) groups is 1. The van der Waals surface area contributed by atoms with Crippen LogP contribution in [0.1, 0.15) is 30.1 Å². The van der Waals surface area contributed by atoms with E-state index in [2.05, 4.69) is 11.8 Å². The van der Waals surface area contributed by atoms with E-state index < -0.39 is 82.4 Å². The van der Waals surface area contributed by atoms with Crippen LogP contribution in [0.2, 0.25) is 0 Å². The second-order valence-corrected chi connectivity index (χ2v) is 13.9. The van der Waals surface area contributed by atoms with Crippen molar-refractivity contribution in [3.8, 4) is 0 Å². The molecule has 5 aliphatic carbocycles. The van der Waals surface area contributed by atoms with Crippen LogP contribution in [0.5, 0.6) is 0 Å². The molecule has 1 saturated heterocycles. The molecule has 1 aliphatic heterocycles. The summed E-state index contributed by atoms with van der Waals surface area (Å²) >= 11 is 0. The first kappa shape index (κ1) is 30.0. The fourth-order valence-corrected chi connectivity index (χ4v) is 11.9. The zero-order valence-electron chi connectivity index (χ0n) is 25.5. The van der Waals surface area contributed by atoms with Crippen LogP contribution in [0.25, 0.3) is 0 Å². The van der Waals surface area contributed by atoms with E-state index in [1.165, 1.54) is 7.11 Å². The van der Waals surface area contributed by atoms with Crippen molar-refractivity contribution in [3.05, 3.63) is 35.9 Å². The summed E-state index contributed by atoms with van der Waals surface area (Å²) in [7, 11) is 6.29. The van der Waals surface area contributed by atoms with E-state index in [1.807, 2.05) is 0 Å². The molecule has 1 aromatic carbocycles. The topological polar surface area (TPSA) is 147 Å². The minimum atomic E-state index is -1.86. The molecule has 15 atom stereocenters. The highest BCUT2D eigenvalue weighted by Crippen LogP contribution is 2.80. The average molecular weight is 604 g/mol. The molecule has 1 spiro atoms. The van der Waals surface area contributed by atoms with Gasteiger partial charge in [-0.15, -0.1) is 0 Å². The van der Waals surface area contributed by atoms with Gasteiger partial charge in [0.2, 0.25) is 0 Å². The van der Waals surface area contributed by atoms with Crippen LogP contribution in [-0.2, 0) is 23.7 Å². The van der Waals surface area contributed by atoms with Crippen molar-refractivity contribution in [3.63, 3.8) is 0 Å². The molecule has 6 unspecified atom stereocenters. The Balaban J connectivity index is 1.48. The van der Waals surface area contributed by atoms with Gasteiger partial charge in [-0.2, -0.15) is 0 Å². The Morgan fingerprint density at radius 2 is 1.72 bits per heavy atom. The Morgan fingerprint density at radius 1 is 1.00 bits per heavy atom. The number of piperidine rings is 1. The largest absolute Gasteiger partial charge is 0.455 e. The highest BCUT2D eigenvalue weighted by Gasteiger charge is 2.91. The van der Waals surface area contributed by atoms with Crippen LogP contribution in [0.3, 0.4) is 0 Å². The van der Waals surface area contributed by atoms with Crippen LogP contribution >= 0.6 is 0 Å². The van der Waals surface area contributed by atoms with E-state index in [-0.39, 0.29) is 25.0 Å². The summed E-state index contributed by atoms with van der Waals surface area (Å²) in [6.45, 7) is 3.46. The molecule has 1 heterocycles. The summed E-state index contributed by atoms with van der Waals surface area (Å²) < 4.78 is 30.5. The van der Waals surface area contributed by atoms with Crippen molar-refractivity contribution in [2.75, 3.05) is 48.1 Å². The highest BCUT2D eigenvalue weighted by atomic mass is 16.6. The van der Waals surface area contributed by atoms with Crippen LogP contribution in [0.4, 0.5) is 0 Å². The van der Waals surface area contributed by atoms with Gasteiger partial charge in [0.15, 0.2) is 0 Å². The number of ether oxygens (including phenoxy) is 5. The number of methoxy groups -OCH3 is 4. The van der Waals surface area contributed by atoms with Gasteiger partial charge in [-0.25, -0.2) is 4.79 Å². The number of nitrogens with zero attached hydrogens (tertiary/aromatic N) is 1. The summed E-state index contributed by atoms with van der Waals surface area (Å²) in [5, 5.41) is 49.7. The molecule has 7 bridgehead atoms. The molecule has 6 fully saturated rings. The van der Waals surface area contributed by atoms with Crippen LogP contribution < -0.4 is 0 Å². The smallest absolute Gasteiger partial charge is 0.338 e. The monoisotopic (exact) mass is 603 g/mol. The number of benzene rings is 1. The molecule has 5 saturated carbocycles. The standard InChI is InChI=1S/C32H45NO10/c1-6-33-14-29(15-39-2)18(34)12-19(40-3)31-17-13-30(37)26(43-28(36)16-10-8-7-9-11-16)20(17)32(38,25(35)27(30)42-5)21(24(31)33)22(41-4)23(29)31/h7-11,17-27,34-35,37-38H,6,12-15H2,1-5H3/t17-,18?,19?,20-,21+,22?,23-,24-,25?,26?,27?,29+,30+,31+,32-/m1/s1. The SMILES string of the molecule is CCN1C[C@]2(COC)C(O)CC(OC)[C@@]34[C@@H]5C[C@@]6(O)C(OC)C(O)[C@@](O)([C@H]5C6OC(=O)c5ccccc5)[C@@H](C(OC)[C@H]23)[C@@H]14. The average Bonchev–Trinajstić information content (AvgIpc) is 3.39. The van der Waals surface area contributed by atoms with Crippen LogP contribution in [0, 0.1) is 34.5 Å². The maximum atomic E-state index is 13.6. The van der Waals surface area contributed by atoms with Crippen LogP contribution in [-0.4, -0.2) is 133 Å². The Morgan fingerprint density at radius 3 is 2.33 bits per heavy atom. The summed E-state index contributed by atoms with van der Waals surface area (Å²) in [6, 6.07) is 8.25. The first-order valence-electron chi connectivity index (χ1n) is 15.5. The van der Waals surface area contributed by atoms with E-state index in [1.54, 1.807) is 51.7 Å². The number of carbonyl (C=O) groups excluding carboxylic acids is 1. The van der Waals surface area contributed by atoms with Crippen molar-refractivity contribution < 1.29 is 48.9 Å². The van der Waals surface area contributed by atoms with Crippen molar-refractivity contribution in [1.82, 2.24) is 4.90 Å². The lowest BCUT2D eigenvalue weighted by molar-refractivity contribution is -0.320. The molecule has 7 rings (SSSR count). The van der Waals surface area contributed by atoms with Gasteiger partial charge in [-0.3, -0.25) is 4.90 Å². The fourth-order valence-electron chi connectivity index (χ4n) is 11.9. The third-order valence-corrected chi connectivity index (χ3v) is 12.9. The Bertz CT molecular complexity index is 1250. The van der Waals surface area contributed by atoms with E-state index in [4.69, 9.17) is 23.7 Å². The zero-order valence-corrected chi connectivity index (χ0v) is 25.5. The van der Waals surface area contributed by atoms with Crippen molar-refractivity contribution >= 4 is 5.97 Å². The number of esters is 1. The molecule has 0 aromatic heterocycles. The summed E-state index contributed by atoms with van der Waals surface area (Å²) in [5.74, 6) is -2.94. The Labute approximate surface area is 252 Å². The third-order valence-electron chi connectivity index (χ3n) is 12.9. The van der Waals surface area contributed by atoms with Gasteiger partial charge in [-0.05, 0) is 31.0 Å². The van der Waals surface area contributed by atoms with Gasteiger partial charge in [0.25, 0.3) is 0 Å². The number of rotatable bonds is 8. The van der Waals surface area contributed by atoms with Crippen LogP contribution in [0.15, 0.2) is 30.3 Å². The minimum Gasteiger partial charge on any atom is -0.455 e. The molecule has 238 valence electrons. The first-order chi connectivity index (χ1) is 20.6. The summed E-state index contributed by atoms with van der Waals surface area (Å²) in [6.07, 6.45) is -5.27. The maximum absolute atomic E-state index is 13.6. The molecule has 43 heavy (non-hydrogen) atoms. The molecular formula is C32H45NO10. The molecule has 0 amide bonds. The number of aliphatic hydroxyl groups excluding tert-OH is 2. The van der Waals surface area contributed by atoms with E-state index in [0.29, 0.717) is 25.1 Å². The van der Waals surface area contributed by atoms with Crippen molar-refractivity contribution in [1.29, 1.82) is 0 Å². The predicted octanol–water partition coefficient (Wildman–Crippen LogP) is 0.0773. The zero-order chi connectivity index (χ0) is 30.7. The second kappa shape index (κ2) is 9.91. The van der Waals surface area contributed by atoms with Gasteiger partial charge >= 0.3 is 5.97 Å². The van der Waals surface area contributed by atoms with Gasteiger partial charge < -0.3 is 44.1 Å². The van der Waals surface area contributed by atoms with Crippen molar-refractivity contribution in [2.45, 2.75) is 73.6 Å². The molecular weight excluding hydrogens is 558 g/mol. The molecule has 4 N–H and O–H groups in total. The van der Waals surface area contributed by atoms with E-state index >= 15 is 0 Å². The van der Waals surface area contributed by atoms with Gasteiger partial charge in [0.05, 0.1) is 30.5 Å². The lowest BCUT2D eigenvalue weighted by Gasteiger charge is -2.70. The van der Waals surface area contributed by atoms with E-state index in [0.717, 1.165) is 0 Å². The molecule has 1 aromatic rings. The predicted molar refractivity (Wildman–Crippen MR) is 151 cm³/mol. The Hall–Kier alpha value is -1.67. The van der Waals surface area contributed by atoms with Gasteiger partial charge in [0.1, 0.15) is 29.5 Å². The second-order valence-electron chi connectivity index (χ2n) is 13.9. The number of fused-ring (bicyclic) bond motifs is 2. The number of hydrogen-bond donors (Lipinski definition) is 4. The normalized spacial score (nSPS) is 52.7. The maximum Gasteiger partial charge on any atom is 0.338 e. The highest BCUT2D eigenvalue weighted by molar-refractivity contribution is 5.89. The van der Waals surface area contributed by atoms with Gasteiger partial charge in [0, 0.05) is 76.0 Å². The van der Waals surface area contributed by atoms with E-state index in [9.17, 15) is 25.2 Å². The number of aliphatic hydroxyl groups is 4.